The Morgan fingerprint density at radius 2 is 2.25 bits per heavy atom. The molecule has 1 fully saturated rings. The summed E-state index contributed by atoms with van der Waals surface area (Å²) >= 11 is 0. The second-order valence-electron chi connectivity index (χ2n) is 4.69. The summed E-state index contributed by atoms with van der Waals surface area (Å²) < 4.78 is 5.08. The van der Waals surface area contributed by atoms with Gasteiger partial charge in [0.2, 0.25) is 0 Å². The molecule has 4 heteroatoms. The van der Waals surface area contributed by atoms with Crippen LogP contribution in [0.1, 0.15) is 43.6 Å². The maximum Gasteiger partial charge on any atom is 0.134 e. The van der Waals surface area contributed by atoms with Gasteiger partial charge in [-0.05, 0) is 25.2 Å². The second kappa shape index (κ2) is 4.78. The van der Waals surface area contributed by atoms with Crippen LogP contribution in [-0.2, 0) is 11.3 Å². The Bertz CT molecular complexity index is 367. The number of nitrogen functional groups attached to an aromatic ring is 1. The Balaban J connectivity index is 2.20. The predicted molar refractivity (Wildman–Crippen MR) is 62.9 cm³/mol. The average molecular weight is 221 g/mol. The second-order valence-corrected chi connectivity index (χ2v) is 4.69. The van der Waals surface area contributed by atoms with Crippen LogP contribution in [0.3, 0.4) is 0 Å². The quantitative estimate of drug-likeness (QED) is 0.849. The summed E-state index contributed by atoms with van der Waals surface area (Å²) in [6.45, 7) is 2.78. The van der Waals surface area contributed by atoms with Gasteiger partial charge in [-0.15, -0.1) is 0 Å². The molecule has 1 aliphatic carbocycles. The van der Waals surface area contributed by atoms with Gasteiger partial charge in [-0.1, -0.05) is 6.92 Å². The molecule has 0 amide bonds. The lowest BCUT2D eigenvalue weighted by molar-refractivity contribution is 0.181. The van der Waals surface area contributed by atoms with E-state index in [0.717, 1.165) is 17.4 Å². The molecule has 2 N–H and O–H groups in total. The van der Waals surface area contributed by atoms with E-state index in [0.29, 0.717) is 18.3 Å². The number of rotatable bonds is 3. The van der Waals surface area contributed by atoms with E-state index in [2.05, 4.69) is 16.9 Å². The van der Waals surface area contributed by atoms with Crippen molar-refractivity contribution >= 4 is 5.82 Å². The van der Waals surface area contributed by atoms with E-state index >= 15 is 0 Å². The number of aromatic nitrogens is 2. The maximum absolute atomic E-state index is 5.79. The van der Waals surface area contributed by atoms with Crippen molar-refractivity contribution in [1.82, 2.24) is 9.97 Å². The van der Waals surface area contributed by atoms with Crippen molar-refractivity contribution < 1.29 is 4.74 Å². The monoisotopic (exact) mass is 221 g/mol. The van der Waals surface area contributed by atoms with Crippen molar-refractivity contribution in [1.29, 1.82) is 0 Å². The third-order valence-electron chi connectivity index (χ3n) is 3.17. The van der Waals surface area contributed by atoms with Gasteiger partial charge >= 0.3 is 0 Å². The van der Waals surface area contributed by atoms with Gasteiger partial charge in [0.05, 0.1) is 12.3 Å². The number of methoxy groups -OCH3 is 1. The van der Waals surface area contributed by atoms with Gasteiger partial charge in [0.25, 0.3) is 0 Å². The third-order valence-corrected chi connectivity index (χ3v) is 3.17. The van der Waals surface area contributed by atoms with Gasteiger partial charge in [-0.2, -0.15) is 0 Å². The van der Waals surface area contributed by atoms with Crippen molar-refractivity contribution in [3.05, 3.63) is 17.6 Å². The zero-order valence-electron chi connectivity index (χ0n) is 9.94. The third kappa shape index (κ3) is 2.50. The first kappa shape index (κ1) is 11.3. The molecule has 2 atom stereocenters. The molecule has 0 bridgehead atoms. The van der Waals surface area contributed by atoms with Crippen molar-refractivity contribution in [3.8, 4) is 0 Å². The smallest absolute Gasteiger partial charge is 0.134 e. The molecule has 1 aliphatic rings. The fraction of sp³-hybridized carbons (Fsp3) is 0.667. The lowest BCUT2D eigenvalue weighted by Crippen LogP contribution is -2.07. The van der Waals surface area contributed by atoms with E-state index in [1.807, 2.05) is 0 Å². The summed E-state index contributed by atoms with van der Waals surface area (Å²) in [5, 5.41) is 0. The SMILES string of the molecule is COCc1cc(N)nc(C2CCC(C)C2)n1. The highest BCUT2D eigenvalue weighted by Gasteiger charge is 2.25. The fourth-order valence-electron chi connectivity index (χ4n) is 2.39. The Morgan fingerprint density at radius 1 is 1.44 bits per heavy atom. The summed E-state index contributed by atoms with van der Waals surface area (Å²) in [6.07, 6.45) is 3.62. The van der Waals surface area contributed by atoms with Crippen LogP contribution in [0.25, 0.3) is 0 Å². The van der Waals surface area contributed by atoms with Gasteiger partial charge in [0, 0.05) is 19.1 Å². The van der Waals surface area contributed by atoms with Gasteiger partial charge in [-0.3, -0.25) is 0 Å². The molecule has 0 aromatic carbocycles. The Kier molecular flexibility index (Phi) is 3.39. The minimum Gasteiger partial charge on any atom is -0.384 e. The predicted octanol–water partition coefficient (Wildman–Crippen LogP) is 2.11. The molecule has 1 saturated carbocycles. The van der Waals surface area contributed by atoms with E-state index in [1.165, 1.54) is 19.3 Å². The first-order chi connectivity index (χ1) is 7.69. The van der Waals surface area contributed by atoms with Gasteiger partial charge < -0.3 is 10.5 Å². The molecule has 2 rings (SSSR count). The van der Waals surface area contributed by atoms with Crippen molar-refractivity contribution in [2.45, 2.75) is 38.7 Å². The fourth-order valence-corrected chi connectivity index (χ4v) is 2.39. The van der Waals surface area contributed by atoms with Crippen LogP contribution >= 0.6 is 0 Å². The van der Waals surface area contributed by atoms with Crippen molar-refractivity contribution in [2.75, 3.05) is 12.8 Å². The summed E-state index contributed by atoms with van der Waals surface area (Å²) in [5.41, 5.74) is 6.66. The van der Waals surface area contributed by atoms with E-state index in [1.54, 1.807) is 13.2 Å². The van der Waals surface area contributed by atoms with Crippen LogP contribution < -0.4 is 5.73 Å². The summed E-state index contributed by atoms with van der Waals surface area (Å²) in [5.74, 6) is 2.71. The molecule has 0 radical (unpaired) electrons. The number of anilines is 1. The number of hydrogen-bond acceptors (Lipinski definition) is 4. The molecule has 4 nitrogen and oxygen atoms in total. The summed E-state index contributed by atoms with van der Waals surface area (Å²) in [7, 11) is 1.66. The normalized spacial score (nSPS) is 24.9. The Morgan fingerprint density at radius 3 is 2.88 bits per heavy atom. The Hall–Kier alpha value is -1.16. The van der Waals surface area contributed by atoms with Crippen LogP contribution in [-0.4, -0.2) is 17.1 Å². The summed E-state index contributed by atoms with van der Waals surface area (Å²) in [4.78, 5) is 8.87. The topological polar surface area (TPSA) is 61.0 Å². The van der Waals surface area contributed by atoms with E-state index in [-0.39, 0.29) is 0 Å². The van der Waals surface area contributed by atoms with Crippen LogP contribution in [0.5, 0.6) is 0 Å². The molecule has 88 valence electrons. The first-order valence-corrected chi connectivity index (χ1v) is 5.81. The number of nitrogens with two attached hydrogens (primary N) is 1. The molecule has 0 saturated heterocycles. The molecule has 2 unspecified atom stereocenters. The number of nitrogens with zero attached hydrogens (tertiary/aromatic N) is 2. The number of ether oxygens (including phenoxy) is 1. The first-order valence-electron chi connectivity index (χ1n) is 5.81. The highest BCUT2D eigenvalue weighted by molar-refractivity contribution is 5.30. The summed E-state index contributed by atoms with van der Waals surface area (Å²) in [6, 6.07) is 1.78. The van der Waals surface area contributed by atoms with Crippen LogP contribution in [0.2, 0.25) is 0 Å². The molecular formula is C12H19N3O. The van der Waals surface area contributed by atoms with Crippen LogP contribution in [0.15, 0.2) is 6.07 Å². The lowest BCUT2D eigenvalue weighted by atomic mass is 10.1. The van der Waals surface area contributed by atoms with Crippen molar-refractivity contribution in [2.24, 2.45) is 5.92 Å². The van der Waals surface area contributed by atoms with Gasteiger partial charge in [0.15, 0.2) is 0 Å². The zero-order valence-corrected chi connectivity index (χ0v) is 9.94. The average Bonchev–Trinajstić information content (AvgIpc) is 2.64. The van der Waals surface area contributed by atoms with Gasteiger partial charge in [0.1, 0.15) is 11.6 Å². The maximum atomic E-state index is 5.79. The Labute approximate surface area is 96.2 Å². The lowest BCUT2D eigenvalue weighted by Gasteiger charge is -2.10. The van der Waals surface area contributed by atoms with E-state index in [4.69, 9.17) is 10.5 Å². The molecule has 0 aliphatic heterocycles. The highest BCUT2D eigenvalue weighted by atomic mass is 16.5. The standard InChI is InChI=1S/C12H19N3O/c1-8-3-4-9(5-8)12-14-10(7-16-2)6-11(13)15-12/h6,8-9H,3-5,7H2,1-2H3,(H2,13,14,15). The van der Waals surface area contributed by atoms with E-state index in [9.17, 15) is 0 Å². The molecule has 1 aromatic heterocycles. The van der Waals surface area contributed by atoms with Crippen LogP contribution in [0, 0.1) is 5.92 Å². The molecule has 1 heterocycles. The highest BCUT2D eigenvalue weighted by Crippen LogP contribution is 2.36. The van der Waals surface area contributed by atoms with E-state index < -0.39 is 0 Å². The van der Waals surface area contributed by atoms with Crippen molar-refractivity contribution in [3.63, 3.8) is 0 Å². The number of hydrogen-bond donors (Lipinski definition) is 1. The molecule has 1 aromatic rings. The zero-order chi connectivity index (χ0) is 11.5. The van der Waals surface area contributed by atoms with Crippen LogP contribution in [0.4, 0.5) is 5.82 Å². The largest absolute Gasteiger partial charge is 0.384 e. The van der Waals surface area contributed by atoms with Gasteiger partial charge in [-0.25, -0.2) is 9.97 Å². The minimum atomic E-state index is 0.481. The molecule has 16 heavy (non-hydrogen) atoms. The molecule has 0 spiro atoms. The minimum absolute atomic E-state index is 0.481. The molecular weight excluding hydrogens is 202 g/mol.